The summed E-state index contributed by atoms with van der Waals surface area (Å²) in [5.74, 6) is -1.94. The van der Waals surface area contributed by atoms with Gasteiger partial charge in [-0.3, -0.25) is 19.2 Å². The maximum absolute atomic E-state index is 12.6. The molecule has 1 saturated heterocycles. The molecule has 3 amide bonds. The summed E-state index contributed by atoms with van der Waals surface area (Å²) in [5, 5.41) is 13.6. The summed E-state index contributed by atoms with van der Waals surface area (Å²) in [5.41, 5.74) is 0.292. The molecule has 2 unspecified atom stereocenters. The van der Waals surface area contributed by atoms with Gasteiger partial charge in [-0.15, -0.1) is 0 Å². The number of Topliss-reactive ketones (excluding diaryl/α,β-unsaturated/α-hetero) is 1. The molecule has 0 aliphatic carbocycles. The van der Waals surface area contributed by atoms with Gasteiger partial charge < -0.3 is 29.9 Å². The highest BCUT2D eigenvalue weighted by Crippen LogP contribution is 2.29. The van der Waals surface area contributed by atoms with Crippen molar-refractivity contribution in [1.29, 1.82) is 0 Å². The van der Waals surface area contributed by atoms with Gasteiger partial charge in [0.2, 0.25) is 11.8 Å². The van der Waals surface area contributed by atoms with Gasteiger partial charge in [0.15, 0.2) is 17.2 Å². The molecule has 0 bridgehead atoms. The van der Waals surface area contributed by atoms with Crippen LogP contribution in [0.3, 0.4) is 0 Å². The van der Waals surface area contributed by atoms with Crippen LogP contribution in [0, 0.1) is 17.7 Å². The first-order valence-electron chi connectivity index (χ1n) is 12.8. The summed E-state index contributed by atoms with van der Waals surface area (Å²) in [4.78, 5) is 60.1. The molecule has 218 valence electrons. The zero-order valence-electron chi connectivity index (χ0n) is 23.4. The maximum atomic E-state index is 12.6. The Morgan fingerprint density at radius 2 is 1.80 bits per heavy atom. The molecule has 3 rings (SSSR count). The van der Waals surface area contributed by atoms with Gasteiger partial charge in [0.1, 0.15) is 18.2 Å². The fraction of sp³-hybridized carbons (Fsp3) is 0.519. The minimum absolute atomic E-state index is 0.0931. The Morgan fingerprint density at radius 1 is 1.12 bits per heavy atom. The number of benzene rings is 1. The molecule has 0 saturated carbocycles. The van der Waals surface area contributed by atoms with E-state index in [4.69, 9.17) is 14.0 Å². The van der Waals surface area contributed by atoms with E-state index in [9.17, 15) is 24.1 Å². The Bertz CT molecular complexity index is 1150. The molecule has 1 aliphatic rings. The summed E-state index contributed by atoms with van der Waals surface area (Å²) in [7, 11) is 1.34. The van der Waals surface area contributed by atoms with Crippen LogP contribution >= 0.6 is 0 Å². The van der Waals surface area contributed by atoms with Crippen LogP contribution in [-0.4, -0.2) is 73.2 Å². The number of nitrogens with one attached hydrogen (secondary N) is 3. The van der Waals surface area contributed by atoms with Crippen molar-refractivity contribution in [3.8, 4) is 0 Å². The summed E-state index contributed by atoms with van der Waals surface area (Å²) in [6.07, 6.45) is 0.430. The number of carbonyl (C=O) groups is 4. The fourth-order valence-electron chi connectivity index (χ4n) is 3.53. The zero-order valence-corrected chi connectivity index (χ0v) is 23.4. The first kappa shape index (κ1) is 32.2. The summed E-state index contributed by atoms with van der Waals surface area (Å²) >= 11 is 0. The number of ketones is 1. The zero-order chi connectivity index (χ0) is 29.7. The second-order valence-corrected chi connectivity index (χ2v) is 9.95. The third-order valence-electron chi connectivity index (χ3n) is 5.79. The van der Waals surface area contributed by atoms with Gasteiger partial charge in [0, 0.05) is 13.2 Å². The first-order valence-corrected chi connectivity index (χ1v) is 12.8. The second kappa shape index (κ2) is 15.6. The predicted octanol–water partition coefficient (Wildman–Crippen LogP) is 1.69. The average Bonchev–Trinajstić information content (AvgIpc) is 3.49. The predicted molar refractivity (Wildman–Crippen MR) is 144 cm³/mol. The Kier molecular flexibility index (Phi) is 12.6. The third kappa shape index (κ3) is 10.7. The molecule has 1 aromatic heterocycles. The Labute approximate surface area is 232 Å². The molecule has 2 aromatic rings. The average molecular weight is 560 g/mol. The summed E-state index contributed by atoms with van der Waals surface area (Å²) in [6.45, 7) is 7.04. The topological polar surface area (TPSA) is 182 Å². The van der Waals surface area contributed by atoms with Crippen LogP contribution in [0.25, 0.3) is 0 Å². The van der Waals surface area contributed by atoms with Crippen molar-refractivity contribution in [2.45, 2.75) is 58.3 Å². The highest BCUT2D eigenvalue weighted by atomic mass is 16.6. The van der Waals surface area contributed by atoms with Gasteiger partial charge in [0.25, 0.3) is 5.91 Å². The van der Waals surface area contributed by atoms with Crippen molar-refractivity contribution < 1.29 is 33.2 Å². The number of nitroso groups, excluding NO2 is 1. The molecule has 1 aliphatic heterocycles. The second-order valence-electron chi connectivity index (χ2n) is 9.95. The number of hydrogen-bond acceptors (Lipinski definition) is 10. The van der Waals surface area contributed by atoms with E-state index in [1.165, 1.54) is 18.7 Å². The van der Waals surface area contributed by atoms with Gasteiger partial charge in [-0.1, -0.05) is 60.1 Å². The van der Waals surface area contributed by atoms with E-state index < -0.39 is 42.0 Å². The quantitative estimate of drug-likeness (QED) is 0.229. The highest BCUT2D eigenvalue weighted by Gasteiger charge is 2.50. The number of nitrogens with zero attached hydrogens (tertiary/aromatic N) is 2. The van der Waals surface area contributed by atoms with Gasteiger partial charge in [-0.05, 0) is 26.2 Å². The SMILES string of the molecule is COCC(NC(=O)c1cc(CN=O)on1)C(=O)NCC(=O)NC(CC(C)C)C(=O)[C@@]1(C)CO1.Cc1ccccc1. The molecule has 0 radical (unpaired) electrons. The van der Waals surface area contributed by atoms with E-state index in [1.807, 2.05) is 32.0 Å². The van der Waals surface area contributed by atoms with Crippen LogP contribution in [0.5, 0.6) is 0 Å². The number of ether oxygens (including phenoxy) is 2. The first-order chi connectivity index (χ1) is 19.0. The standard InChI is InChI=1S/C20H29N5O8.C7H8/c1-11(2)5-13(17(27)20(3)10-32-20)23-16(26)8-21-18(28)15(9-31-4)24-19(29)14-6-12(7-22-30)33-25-14;1-7-5-3-2-4-6-7/h6,11,13,15H,5,7-10H2,1-4H3,(H,21,28)(H,23,26)(H,24,29);2-6H,1H3/t13?,15?,20-;/m1./s1. The number of rotatable bonds is 14. The van der Waals surface area contributed by atoms with Gasteiger partial charge in [-0.2, -0.15) is 4.91 Å². The van der Waals surface area contributed by atoms with Crippen molar-refractivity contribution in [3.63, 3.8) is 0 Å². The molecule has 40 heavy (non-hydrogen) atoms. The molecule has 13 nitrogen and oxygen atoms in total. The monoisotopic (exact) mass is 559 g/mol. The number of methoxy groups -OCH3 is 1. The number of aryl methyl sites for hydroxylation is 1. The minimum atomic E-state index is -1.13. The van der Waals surface area contributed by atoms with Gasteiger partial charge in [0.05, 0.1) is 25.8 Å². The lowest BCUT2D eigenvalue weighted by molar-refractivity contribution is -0.131. The normalized spacial score (nSPS) is 17.1. The number of epoxide rings is 1. The smallest absolute Gasteiger partial charge is 0.274 e. The van der Waals surface area contributed by atoms with Crippen molar-refractivity contribution in [2.24, 2.45) is 11.1 Å². The van der Waals surface area contributed by atoms with E-state index in [0.717, 1.165) is 0 Å². The largest absolute Gasteiger partial charge is 0.382 e. The summed E-state index contributed by atoms with van der Waals surface area (Å²) in [6, 6.07) is 9.62. The number of amides is 3. The molecule has 1 aromatic carbocycles. The van der Waals surface area contributed by atoms with Gasteiger partial charge >= 0.3 is 0 Å². The number of carbonyl (C=O) groups excluding carboxylic acids is 4. The molecule has 3 N–H and O–H groups in total. The van der Waals surface area contributed by atoms with E-state index in [2.05, 4.69) is 45.3 Å². The Morgan fingerprint density at radius 3 is 2.33 bits per heavy atom. The Balaban J connectivity index is 0.000000693. The molecule has 2 heterocycles. The third-order valence-corrected chi connectivity index (χ3v) is 5.79. The van der Waals surface area contributed by atoms with Crippen LogP contribution in [0.15, 0.2) is 46.1 Å². The van der Waals surface area contributed by atoms with Crippen molar-refractivity contribution in [1.82, 2.24) is 21.1 Å². The van der Waals surface area contributed by atoms with Gasteiger partial charge in [-0.25, -0.2) is 0 Å². The minimum Gasteiger partial charge on any atom is -0.382 e. The molecule has 13 heteroatoms. The maximum Gasteiger partial charge on any atom is 0.274 e. The fourth-order valence-corrected chi connectivity index (χ4v) is 3.53. The van der Waals surface area contributed by atoms with Crippen LogP contribution in [0.1, 0.15) is 49.0 Å². The highest BCUT2D eigenvalue weighted by molar-refractivity contribution is 5.98. The van der Waals surface area contributed by atoms with Crippen molar-refractivity contribution in [2.75, 3.05) is 26.9 Å². The Hall–Kier alpha value is -3.97. The van der Waals surface area contributed by atoms with Crippen molar-refractivity contribution in [3.05, 3.63) is 58.3 Å². The lowest BCUT2D eigenvalue weighted by Gasteiger charge is -2.22. The lowest BCUT2D eigenvalue weighted by atomic mass is 9.93. The lowest BCUT2D eigenvalue weighted by Crippen LogP contribution is -2.53. The van der Waals surface area contributed by atoms with E-state index >= 15 is 0 Å². The summed E-state index contributed by atoms with van der Waals surface area (Å²) < 4.78 is 14.9. The molecular formula is C27H37N5O8. The number of aromatic nitrogens is 1. The van der Waals surface area contributed by atoms with Crippen LogP contribution in [0.4, 0.5) is 0 Å². The van der Waals surface area contributed by atoms with Crippen LogP contribution < -0.4 is 16.0 Å². The van der Waals surface area contributed by atoms with E-state index in [1.54, 1.807) is 6.92 Å². The van der Waals surface area contributed by atoms with Crippen LogP contribution in [-0.2, 0) is 30.4 Å². The molecule has 3 atom stereocenters. The van der Waals surface area contributed by atoms with Crippen LogP contribution in [0.2, 0.25) is 0 Å². The van der Waals surface area contributed by atoms with E-state index in [0.29, 0.717) is 13.0 Å². The molecule has 0 spiro atoms. The van der Waals surface area contributed by atoms with Crippen molar-refractivity contribution >= 4 is 23.5 Å². The van der Waals surface area contributed by atoms with E-state index in [-0.39, 0.29) is 36.3 Å². The number of hydrogen-bond donors (Lipinski definition) is 3. The molecule has 1 fully saturated rings. The molecular weight excluding hydrogens is 522 g/mol.